The second-order valence-electron chi connectivity index (χ2n) is 8.58. The van der Waals surface area contributed by atoms with E-state index in [1.807, 2.05) is 20.8 Å². The first-order valence-corrected chi connectivity index (χ1v) is 11.8. The van der Waals surface area contributed by atoms with Crippen molar-refractivity contribution in [3.8, 4) is 28.5 Å². The van der Waals surface area contributed by atoms with E-state index < -0.39 is 28.5 Å². The number of benzene rings is 2. The molecule has 0 aliphatic carbocycles. The summed E-state index contributed by atoms with van der Waals surface area (Å²) in [7, 11) is 0. The van der Waals surface area contributed by atoms with Crippen molar-refractivity contribution in [3.63, 3.8) is 0 Å². The molecule has 0 bridgehead atoms. The Morgan fingerprint density at radius 3 is 2.33 bits per heavy atom. The van der Waals surface area contributed by atoms with Crippen LogP contribution < -0.4 is 9.47 Å². The number of fused-ring (bicyclic) bond motifs is 1. The minimum Gasteiger partial charge on any atom is -0.434 e. The van der Waals surface area contributed by atoms with Crippen LogP contribution in [-0.4, -0.2) is 21.3 Å². The standard InChI is InChI=1S/C23H16Cl2F3N3O4S/c1-22(2,3)19-17(11-4-6-13(24)14(25)8-11)18-20(29-10-30-21(18)36-19)34-15-7-5-12(31(32)33)9-16(15)35-23(26,27)28/h4-10H,1-3H3. The fourth-order valence-corrected chi connectivity index (χ4v) is 4.95. The van der Waals surface area contributed by atoms with E-state index in [2.05, 4.69) is 14.7 Å². The first-order valence-electron chi connectivity index (χ1n) is 10.2. The molecule has 0 saturated heterocycles. The van der Waals surface area contributed by atoms with Gasteiger partial charge in [0, 0.05) is 16.5 Å². The average molecular weight is 558 g/mol. The van der Waals surface area contributed by atoms with Gasteiger partial charge in [0.2, 0.25) is 5.88 Å². The van der Waals surface area contributed by atoms with E-state index in [1.54, 1.807) is 18.2 Å². The average Bonchev–Trinajstić information content (AvgIpc) is 3.17. The zero-order valence-electron chi connectivity index (χ0n) is 18.8. The summed E-state index contributed by atoms with van der Waals surface area (Å²) in [6.07, 6.45) is -3.89. The largest absolute Gasteiger partial charge is 0.573 e. The molecule has 0 fully saturated rings. The van der Waals surface area contributed by atoms with Crippen molar-refractivity contribution >= 4 is 50.4 Å². The highest BCUT2D eigenvalue weighted by Gasteiger charge is 2.34. The van der Waals surface area contributed by atoms with Crippen molar-refractivity contribution in [2.75, 3.05) is 0 Å². The number of ether oxygens (including phenoxy) is 2. The van der Waals surface area contributed by atoms with Crippen molar-refractivity contribution in [1.82, 2.24) is 9.97 Å². The molecule has 0 spiro atoms. The highest BCUT2D eigenvalue weighted by Crippen LogP contribution is 2.49. The third kappa shape index (κ3) is 5.32. The van der Waals surface area contributed by atoms with E-state index in [0.717, 1.165) is 17.0 Å². The number of nitrogens with zero attached hydrogens (tertiary/aromatic N) is 3. The van der Waals surface area contributed by atoms with Crippen molar-refractivity contribution < 1.29 is 27.6 Å². The van der Waals surface area contributed by atoms with Crippen molar-refractivity contribution in [2.24, 2.45) is 0 Å². The van der Waals surface area contributed by atoms with Gasteiger partial charge in [0.25, 0.3) is 5.69 Å². The second kappa shape index (κ2) is 9.38. The Labute approximate surface area is 216 Å². The molecule has 4 rings (SSSR count). The number of thiophene rings is 1. The lowest BCUT2D eigenvalue weighted by molar-refractivity contribution is -0.385. The van der Waals surface area contributed by atoms with Gasteiger partial charge in [0.05, 0.1) is 26.4 Å². The Hall–Kier alpha value is -3.15. The molecule has 2 aromatic carbocycles. The molecule has 36 heavy (non-hydrogen) atoms. The number of alkyl halides is 3. The SMILES string of the molecule is CC(C)(C)c1sc2ncnc(Oc3ccc([N+](=O)[O-])cc3OC(F)(F)F)c2c1-c1ccc(Cl)c(Cl)c1. The Morgan fingerprint density at radius 2 is 1.72 bits per heavy atom. The third-order valence-electron chi connectivity index (χ3n) is 4.91. The summed E-state index contributed by atoms with van der Waals surface area (Å²) < 4.78 is 48.9. The van der Waals surface area contributed by atoms with E-state index in [9.17, 15) is 23.3 Å². The summed E-state index contributed by atoms with van der Waals surface area (Å²) in [4.78, 5) is 20.2. The van der Waals surface area contributed by atoms with Crippen molar-refractivity contribution in [2.45, 2.75) is 32.5 Å². The third-order valence-corrected chi connectivity index (χ3v) is 7.18. The summed E-state index contributed by atoms with van der Waals surface area (Å²) in [5.41, 5.74) is 0.395. The number of hydrogen-bond donors (Lipinski definition) is 0. The minimum atomic E-state index is -5.11. The highest BCUT2D eigenvalue weighted by molar-refractivity contribution is 7.19. The lowest BCUT2D eigenvalue weighted by Crippen LogP contribution is -2.17. The van der Waals surface area contributed by atoms with E-state index >= 15 is 0 Å². The number of nitro groups is 1. The van der Waals surface area contributed by atoms with E-state index in [1.165, 1.54) is 17.7 Å². The number of non-ortho nitro benzene ring substituents is 1. The lowest BCUT2D eigenvalue weighted by Gasteiger charge is -2.19. The molecule has 0 N–H and O–H groups in total. The van der Waals surface area contributed by atoms with Crippen molar-refractivity contribution in [1.29, 1.82) is 0 Å². The minimum absolute atomic E-state index is 0.0614. The van der Waals surface area contributed by atoms with Gasteiger partial charge in [0.1, 0.15) is 11.2 Å². The number of rotatable bonds is 5. The molecular weight excluding hydrogens is 542 g/mol. The Bertz CT molecular complexity index is 1490. The molecule has 2 aromatic heterocycles. The van der Waals surface area contributed by atoms with Crippen LogP contribution in [0.3, 0.4) is 0 Å². The van der Waals surface area contributed by atoms with Gasteiger partial charge >= 0.3 is 6.36 Å². The van der Waals surface area contributed by atoms with Gasteiger partial charge in [-0.25, -0.2) is 9.97 Å². The normalized spacial score (nSPS) is 12.1. The van der Waals surface area contributed by atoms with Crippen LogP contribution in [0.4, 0.5) is 18.9 Å². The molecule has 0 saturated carbocycles. The van der Waals surface area contributed by atoms with Crippen LogP contribution in [0.1, 0.15) is 25.6 Å². The maximum absolute atomic E-state index is 13.0. The zero-order chi connectivity index (χ0) is 26.4. The summed E-state index contributed by atoms with van der Waals surface area (Å²) in [5, 5.41) is 12.2. The fourth-order valence-electron chi connectivity index (χ4n) is 3.44. The summed E-state index contributed by atoms with van der Waals surface area (Å²) in [6, 6.07) is 7.71. The molecule has 188 valence electrons. The van der Waals surface area contributed by atoms with E-state index in [0.29, 0.717) is 37.5 Å². The van der Waals surface area contributed by atoms with Gasteiger partial charge in [-0.15, -0.1) is 24.5 Å². The summed E-state index contributed by atoms with van der Waals surface area (Å²) >= 11 is 13.7. The molecule has 0 aliphatic heterocycles. The molecule has 4 aromatic rings. The Balaban J connectivity index is 1.95. The first-order chi connectivity index (χ1) is 16.7. The van der Waals surface area contributed by atoms with Gasteiger partial charge in [-0.3, -0.25) is 10.1 Å². The van der Waals surface area contributed by atoms with Crippen LogP contribution in [0.5, 0.6) is 17.4 Å². The molecule has 0 amide bonds. The molecule has 2 heterocycles. The van der Waals surface area contributed by atoms with Crippen LogP contribution in [-0.2, 0) is 5.41 Å². The Morgan fingerprint density at radius 1 is 1.00 bits per heavy atom. The molecule has 7 nitrogen and oxygen atoms in total. The van der Waals surface area contributed by atoms with Crippen LogP contribution in [0.25, 0.3) is 21.3 Å². The number of nitro benzene ring substituents is 1. The molecule has 0 aliphatic rings. The smallest absolute Gasteiger partial charge is 0.434 e. The number of halogens is 5. The summed E-state index contributed by atoms with van der Waals surface area (Å²) in [5.74, 6) is -1.36. The Kier molecular flexibility index (Phi) is 6.76. The quantitative estimate of drug-likeness (QED) is 0.180. The van der Waals surface area contributed by atoms with Gasteiger partial charge in [-0.2, -0.15) is 0 Å². The highest BCUT2D eigenvalue weighted by atomic mass is 35.5. The first kappa shape index (κ1) is 25.9. The van der Waals surface area contributed by atoms with Gasteiger partial charge in [-0.05, 0) is 29.2 Å². The van der Waals surface area contributed by atoms with Gasteiger partial charge in [-0.1, -0.05) is 50.0 Å². The van der Waals surface area contributed by atoms with Crippen LogP contribution >= 0.6 is 34.5 Å². The maximum atomic E-state index is 13.0. The van der Waals surface area contributed by atoms with Crippen LogP contribution in [0.15, 0.2) is 42.7 Å². The molecule has 0 unspecified atom stereocenters. The van der Waals surface area contributed by atoms with Gasteiger partial charge in [0.15, 0.2) is 11.5 Å². The summed E-state index contributed by atoms with van der Waals surface area (Å²) in [6.45, 7) is 5.99. The number of aromatic nitrogens is 2. The second-order valence-corrected chi connectivity index (χ2v) is 10.4. The van der Waals surface area contributed by atoms with Crippen LogP contribution in [0.2, 0.25) is 10.0 Å². The molecule has 13 heteroatoms. The lowest BCUT2D eigenvalue weighted by atomic mass is 9.88. The molecule has 0 atom stereocenters. The zero-order valence-corrected chi connectivity index (χ0v) is 21.1. The molecular formula is C23H16Cl2F3N3O4S. The van der Waals surface area contributed by atoms with Gasteiger partial charge < -0.3 is 9.47 Å². The predicted octanol–water partition coefficient (Wildman–Crippen LogP) is 8.56. The van der Waals surface area contributed by atoms with E-state index in [4.69, 9.17) is 27.9 Å². The number of hydrogen-bond acceptors (Lipinski definition) is 7. The van der Waals surface area contributed by atoms with E-state index in [-0.39, 0.29) is 11.3 Å². The molecule has 0 radical (unpaired) electrons. The van der Waals surface area contributed by atoms with Crippen LogP contribution in [0, 0.1) is 10.1 Å². The van der Waals surface area contributed by atoms with Crippen molar-refractivity contribution in [3.05, 3.63) is 67.8 Å². The topological polar surface area (TPSA) is 87.4 Å². The maximum Gasteiger partial charge on any atom is 0.573 e. The predicted molar refractivity (Wildman–Crippen MR) is 131 cm³/mol. The monoisotopic (exact) mass is 557 g/mol. The fraction of sp³-hybridized carbons (Fsp3) is 0.217.